The van der Waals surface area contributed by atoms with Crippen molar-refractivity contribution in [2.24, 2.45) is 0 Å². The molecular formula is C16H24N2O3. The number of hydrogen-bond donors (Lipinski definition) is 1. The van der Waals surface area contributed by atoms with Gasteiger partial charge in [0.2, 0.25) is 5.91 Å². The molecule has 1 aliphatic heterocycles. The summed E-state index contributed by atoms with van der Waals surface area (Å²) >= 11 is 0. The molecule has 1 saturated heterocycles. The number of amides is 1. The molecule has 1 atom stereocenters. The number of benzene rings is 1. The summed E-state index contributed by atoms with van der Waals surface area (Å²) in [5.41, 5.74) is 1.08. The fourth-order valence-corrected chi connectivity index (χ4v) is 2.70. The van der Waals surface area contributed by atoms with Gasteiger partial charge in [-0.1, -0.05) is 12.1 Å². The molecule has 0 aromatic heterocycles. The van der Waals surface area contributed by atoms with E-state index in [4.69, 9.17) is 4.74 Å². The van der Waals surface area contributed by atoms with E-state index in [1.54, 1.807) is 12.0 Å². The second kappa shape index (κ2) is 7.43. The smallest absolute Gasteiger partial charge is 0.236 e. The maximum atomic E-state index is 12.3. The normalized spacial score (nSPS) is 18.7. The summed E-state index contributed by atoms with van der Waals surface area (Å²) in [6.45, 7) is 2.00. The number of likely N-dealkylation sites (tertiary alicyclic amines) is 1. The Morgan fingerprint density at radius 3 is 2.76 bits per heavy atom. The number of nitrogens with zero attached hydrogens (tertiary/aromatic N) is 2. The Labute approximate surface area is 126 Å². The van der Waals surface area contributed by atoms with Crippen molar-refractivity contribution in [3.63, 3.8) is 0 Å². The molecule has 0 radical (unpaired) electrons. The summed E-state index contributed by atoms with van der Waals surface area (Å²) in [4.78, 5) is 16.1. The second-order valence-electron chi connectivity index (χ2n) is 5.55. The number of rotatable bonds is 6. The third-order valence-corrected chi connectivity index (χ3v) is 4.05. The van der Waals surface area contributed by atoms with Crippen LogP contribution in [0.4, 0.5) is 0 Å². The zero-order valence-electron chi connectivity index (χ0n) is 12.8. The van der Waals surface area contributed by atoms with E-state index in [1.807, 2.05) is 31.3 Å². The Morgan fingerprint density at radius 1 is 1.43 bits per heavy atom. The van der Waals surface area contributed by atoms with E-state index in [9.17, 15) is 9.90 Å². The molecule has 2 rings (SSSR count). The minimum Gasteiger partial charge on any atom is -0.497 e. The first-order chi connectivity index (χ1) is 10.1. The summed E-state index contributed by atoms with van der Waals surface area (Å²) < 4.78 is 5.12. The average molecular weight is 292 g/mol. The molecule has 0 saturated carbocycles. The number of carbonyl (C=O) groups excluding carboxylic acids is 1. The van der Waals surface area contributed by atoms with Crippen molar-refractivity contribution in [1.29, 1.82) is 0 Å². The van der Waals surface area contributed by atoms with E-state index in [0.29, 0.717) is 13.1 Å². The van der Waals surface area contributed by atoms with Gasteiger partial charge in [-0.3, -0.25) is 9.69 Å². The Hall–Kier alpha value is -1.59. The Kier molecular flexibility index (Phi) is 5.59. The zero-order chi connectivity index (χ0) is 15.2. The van der Waals surface area contributed by atoms with Crippen LogP contribution in [-0.4, -0.2) is 60.7 Å². The monoisotopic (exact) mass is 292 g/mol. The Morgan fingerprint density at radius 2 is 2.14 bits per heavy atom. The Bertz CT molecular complexity index is 461. The van der Waals surface area contributed by atoms with Gasteiger partial charge in [0.1, 0.15) is 5.75 Å². The highest BCUT2D eigenvalue weighted by Crippen LogP contribution is 2.17. The third-order valence-electron chi connectivity index (χ3n) is 4.05. The van der Waals surface area contributed by atoms with Crippen LogP contribution >= 0.6 is 0 Å². The molecule has 1 amide bonds. The van der Waals surface area contributed by atoms with Gasteiger partial charge < -0.3 is 14.7 Å². The SMILES string of the molecule is COc1ccc(CN(C)C(=O)CN2CCC[C@@H]2CO)cc1. The highest BCUT2D eigenvalue weighted by Gasteiger charge is 2.26. The standard InChI is InChI=1S/C16H24N2O3/c1-17(10-13-5-7-15(21-2)8-6-13)16(20)11-18-9-3-4-14(18)12-19/h5-8,14,19H,3-4,9-12H2,1-2H3/t14-/m1/s1. The van der Waals surface area contributed by atoms with Crippen molar-refractivity contribution in [1.82, 2.24) is 9.80 Å². The van der Waals surface area contributed by atoms with Crippen molar-refractivity contribution in [3.8, 4) is 5.75 Å². The largest absolute Gasteiger partial charge is 0.497 e. The fraction of sp³-hybridized carbons (Fsp3) is 0.562. The quantitative estimate of drug-likeness (QED) is 0.853. The van der Waals surface area contributed by atoms with Gasteiger partial charge in [-0.15, -0.1) is 0 Å². The van der Waals surface area contributed by atoms with Gasteiger partial charge in [0.05, 0.1) is 20.3 Å². The van der Waals surface area contributed by atoms with E-state index in [-0.39, 0.29) is 18.6 Å². The number of aliphatic hydroxyl groups is 1. The molecule has 1 aromatic rings. The van der Waals surface area contributed by atoms with E-state index < -0.39 is 0 Å². The lowest BCUT2D eigenvalue weighted by Gasteiger charge is -2.25. The summed E-state index contributed by atoms with van der Waals surface area (Å²) in [6, 6.07) is 7.87. The lowest BCUT2D eigenvalue weighted by Crippen LogP contribution is -2.41. The van der Waals surface area contributed by atoms with Gasteiger partial charge in [0.15, 0.2) is 0 Å². The molecule has 5 heteroatoms. The second-order valence-corrected chi connectivity index (χ2v) is 5.55. The minimum atomic E-state index is 0.0890. The number of hydrogen-bond acceptors (Lipinski definition) is 4. The fourth-order valence-electron chi connectivity index (χ4n) is 2.70. The van der Waals surface area contributed by atoms with Crippen LogP contribution in [0.1, 0.15) is 18.4 Å². The van der Waals surface area contributed by atoms with Crippen LogP contribution in [0.5, 0.6) is 5.75 Å². The maximum absolute atomic E-state index is 12.3. The number of aliphatic hydroxyl groups excluding tert-OH is 1. The summed E-state index contributed by atoms with van der Waals surface area (Å²) in [5.74, 6) is 0.904. The number of ether oxygens (including phenoxy) is 1. The van der Waals surface area contributed by atoms with Gasteiger partial charge in [-0.05, 0) is 37.1 Å². The van der Waals surface area contributed by atoms with Crippen molar-refractivity contribution in [2.75, 3.05) is 33.9 Å². The summed E-state index contributed by atoms with van der Waals surface area (Å²) in [5, 5.41) is 9.29. The molecular weight excluding hydrogens is 268 g/mol. The summed E-state index contributed by atoms with van der Waals surface area (Å²) in [7, 11) is 3.45. The molecule has 5 nitrogen and oxygen atoms in total. The van der Waals surface area contributed by atoms with Crippen LogP contribution in [0.15, 0.2) is 24.3 Å². The Balaban J connectivity index is 1.86. The number of carbonyl (C=O) groups is 1. The topological polar surface area (TPSA) is 53.0 Å². The van der Waals surface area contributed by atoms with Gasteiger partial charge in [0, 0.05) is 19.6 Å². The molecule has 116 valence electrons. The van der Waals surface area contributed by atoms with Crippen LogP contribution in [0.3, 0.4) is 0 Å². The van der Waals surface area contributed by atoms with Gasteiger partial charge in [-0.2, -0.15) is 0 Å². The van der Waals surface area contributed by atoms with Crippen molar-refractivity contribution >= 4 is 5.91 Å². The third kappa shape index (κ3) is 4.19. The van der Waals surface area contributed by atoms with E-state index in [0.717, 1.165) is 30.7 Å². The van der Waals surface area contributed by atoms with E-state index in [1.165, 1.54) is 0 Å². The zero-order valence-corrected chi connectivity index (χ0v) is 12.8. The van der Waals surface area contributed by atoms with Crippen LogP contribution < -0.4 is 4.74 Å². The molecule has 1 N–H and O–H groups in total. The number of methoxy groups -OCH3 is 1. The molecule has 1 heterocycles. The first kappa shape index (κ1) is 15.8. The minimum absolute atomic E-state index is 0.0890. The first-order valence-corrected chi connectivity index (χ1v) is 7.36. The van der Waals surface area contributed by atoms with Gasteiger partial charge in [-0.25, -0.2) is 0 Å². The molecule has 1 aromatic carbocycles. The van der Waals surface area contributed by atoms with Crippen LogP contribution in [0.2, 0.25) is 0 Å². The summed E-state index contributed by atoms with van der Waals surface area (Å²) in [6.07, 6.45) is 2.03. The van der Waals surface area contributed by atoms with Crippen LogP contribution in [0, 0.1) is 0 Å². The predicted molar refractivity (Wildman–Crippen MR) is 81.1 cm³/mol. The van der Waals surface area contributed by atoms with Gasteiger partial charge >= 0.3 is 0 Å². The van der Waals surface area contributed by atoms with Crippen molar-refractivity contribution in [2.45, 2.75) is 25.4 Å². The lowest BCUT2D eigenvalue weighted by atomic mass is 10.2. The molecule has 21 heavy (non-hydrogen) atoms. The molecule has 0 bridgehead atoms. The molecule has 1 aliphatic rings. The molecule has 0 unspecified atom stereocenters. The highest BCUT2D eigenvalue weighted by molar-refractivity contribution is 5.78. The van der Waals surface area contributed by atoms with Crippen LogP contribution in [-0.2, 0) is 11.3 Å². The van der Waals surface area contributed by atoms with Crippen molar-refractivity contribution < 1.29 is 14.6 Å². The van der Waals surface area contributed by atoms with Crippen molar-refractivity contribution in [3.05, 3.63) is 29.8 Å². The molecule has 1 fully saturated rings. The highest BCUT2D eigenvalue weighted by atomic mass is 16.5. The lowest BCUT2D eigenvalue weighted by molar-refractivity contribution is -0.132. The van der Waals surface area contributed by atoms with E-state index in [2.05, 4.69) is 4.90 Å². The average Bonchev–Trinajstić information content (AvgIpc) is 2.95. The number of likely N-dealkylation sites (N-methyl/N-ethyl adjacent to an activating group) is 1. The van der Waals surface area contributed by atoms with E-state index >= 15 is 0 Å². The maximum Gasteiger partial charge on any atom is 0.236 e. The molecule has 0 aliphatic carbocycles. The molecule has 0 spiro atoms. The first-order valence-electron chi connectivity index (χ1n) is 7.36. The van der Waals surface area contributed by atoms with Gasteiger partial charge in [0.25, 0.3) is 0 Å². The predicted octanol–water partition coefficient (Wildman–Crippen LogP) is 1.11. The van der Waals surface area contributed by atoms with Crippen LogP contribution in [0.25, 0.3) is 0 Å².